The van der Waals surface area contributed by atoms with Crippen molar-refractivity contribution in [2.45, 2.75) is 26.2 Å². The van der Waals surface area contributed by atoms with Gasteiger partial charge in [-0.25, -0.2) is 4.98 Å². The molecule has 96 valence electrons. The third-order valence-electron chi connectivity index (χ3n) is 3.04. The van der Waals surface area contributed by atoms with Gasteiger partial charge in [0, 0.05) is 5.92 Å². The minimum absolute atomic E-state index is 0.0390. The van der Waals surface area contributed by atoms with Crippen molar-refractivity contribution in [1.82, 2.24) is 4.98 Å². The molecule has 0 amide bonds. The molecular weight excluding hydrogens is 244 g/mol. The number of nitrogens with zero attached hydrogens (tertiary/aromatic N) is 1. The van der Waals surface area contributed by atoms with Crippen LogP contribution in [0, 0.1) is 5.92 Å². The molecule has 0 saturated heterocycles. The summed E-state index contributed by atoms with van der Waals surface area (Å²) in [6, 6.07) is 7.87. The molecule has 18 heavy (non-hydrogen) atoms. The van der Waals surface area contributed by atoms with Crippen LogP contribution in [0.5, 0.6) is 0 Å². The molecule has 4 heteroatoms. The molecule has 1 atom stereocenters. The zero-order valence-corrected chi connectivity index (χ0v) is 11.4. The molecule has 1 heterocycles. The Hall–Kier alpha value is -1.26. The van der Waals surface area contributed by atoms with E-state index in [1.165, 1.54) is 11.3 Å². The predicted molar refractivity (Wildman–Crippen MR) is 76.0 cm³/mol. The minimum Gasteiger partial charge on any atom is -0.330 e. The molecule has 0 radical (unpaired) electrons. The maximum absolute atomic E-state index is 12.2. The van der Waals surface area contributed by atoms with E-state index in [1.807, 2.05) is 31.2 Å². The maximum Gasteiger partial charge on any atom is 0.194 e. The molecule has 0 aliphatic rings. The zero-order chi connectivity index (χ0) is 13.0. The van der Waals surface area contributed by atoms with Crippen molar-refractivity contribution in [3.8, 4) is 0 Å². The van der Waals surface area contributed by atoms with E-state index < -0.39 is 0 Å². The lowest BCUT2D eigenvalue weighted by molar-refractivity contribution is 0.0922. The number of thiazole rings is 1. The summed E-state index contributed by atoms with van der Waals surface area (Å²) in [6.07, 6.45) is 2.89. The van der Waals surface area contributed by atoms with Gasteiger partial charge in [-0.3, -0.25) is 4.79 Å². The fourth-order valence-corrected chi connectivity index (χ4v) is 2.93. The molecular formula is C14H18N2OS. The van der Waals surface area contributed by atoms with Crippen molar-refractivity contribution in [1.29, 1.82) is 0 Å². The molecule has 0 aliphatic carbocycles. The quantitative estimate of drug-likeness (QED) is 0.642. The smallest absolute Gasteiger partial charge is 0.194 e. The highest BCUT2D eigenvalue weighted by Crippen LogP contribution is 2.24. The summed E-state index contributed by atoms with van der Waals surface area (Å²) in [5.41, 5.74) is 6.37. The van der Waals surface area contributed by atoms with E-state index in [9.17, 15) is 4.79 Å². The topological polar surface area (TPSA) is 56.0 Å². The van der Waals surface area contributed by atoms with Gasteiger partial charge in [-0.2, -0.15) is 0 Å². The normalized spacial score (nSPS) is 12.8. The molecule has 2 N–H and O–H groups in total. The lowest BCUT2D eigenvalue weighted by Crippen LogP contribution is -2.11. The second kappa shape index (κ2) is 6.07. The van der Waals surface area contributed by atoms with Gasteiger partial charge in [-0.05, 0) is 31.5 Å². The molecule has 1 unspecified atom stereocenters. The summed E-state index contributed by atoms with van der Waals surface area (Å²) in [5.74, 6) is 0.199. The van der Waals surface area contributed by atoms with Crippen molar-refractivity contribution >= 4 is 27.3 Å². The molecule has 2 rings (SSSR count). The molecule has 1 aromatic carbocycles. The Morgan fingerprint density at radius 3 is 2.89 bits per heavy atom. The third-order valence-corrected chi connectivity index (χ3v) is 4.09. The van der Waals surface area contributed by atoms with E-state index >= 15 is 0 Å². The van der Waals surface area contributed by atoms with Crippen molar-refractivity contribution in [2.75, 3.05) is 6.54 Å². The van der Waals surface area contributed by atoms with Crippen molar-refractivity contribution in [2.24, 2.45) is 11.7 Å². The fourth-order valence-electron chi connectivity index (χ4n) is 1.91. The van der Waals surface area contributed by atoms with Crippen LogP contribution < -0.4 is 5.73 Å². The number of fused-ring (bicyclic) bond motifs is 1. The van der Waals surface area contributed by atoms with Gasteiger partial charge in [-0.15, -0.1) is 11.3 Å². The number of unbranched alkanes of at least 4 members (excludes halogenated alkanes) is 1. The molecule has 2 aromatic rings. The number of carbonyl (C=O) groups excluding carboxylic acids is 1. The summed E-state index contributed by atoms with van der Waals surface area (Å²) in [6.45, 7) is 2.67. The summed E-state index contributed by atoms with van der Waals surface area (Å²) in [7, 11) is 0. The Morgan fingerprint density at radius 2 is 2.17 bits per heavy atom. The number of rotatable bonds is 6. The number of hydrogen-bond donors (Lipinski definition) is 1. The van der Waals surface area contributed by atoms with Crippen LogP contribution in [0.15, 0.2) is 24.3 Å². The second-order valence-electron chi connectivity index (χ2n) is 4.54. The number of para-hydroxylation sites is 1. The van der Waals surface area contributed by atoms with E-state index in [-0.39, 0.29) is 11.7 Å². The van der Waals surface area contributed by atoms with Crippen LogP contribution in [0.2, 0.25) is 0 Å². The van der Waals surface area contributed by atoms with E-state index in [0.29, 0.717) is 11.6 Å². The van der Waals surface area contributed by atoms with Gasteiger partial charge in [0.25, 0.3) is 0 Å². The Morgan fingerprint density at radius 1 is 1.39 bits per heavy atom. The van der Waals surface area contributed by atoms with Crippen molar-refractivity contribution in [3.05, 3.63) is 29.3 Å². The number of hydrogen-bond acceptors (Lipinski definition) is 4. The highest BCUT2D eigenvalue weighted by atomic mass is 32.1. The maximum atomic E-state index is 12.2. The lowest BCUT2D eigenvalue weighted by atomic mass is 10.00. The van der Waals surface area contributed by atoms with E-state index in [1.54, 1.807) is 0 Å². The SMILES string of the molecule is CC(CCCCN)C(=O)c1nc2ccccc2s1. The van der Waals surface area contributed by atoms with Crippen LogP contribution in [-0.4, -0.2) is 17.3 Å². The predicted octanol–water partition coefficient (Wildman–Crippen LogP) is 3.24. The van der Waals surface area contributed by atoms with Gasteiger partial charge < -0.3 is 5.73 Å². The highest BCUT2D eigenvalue weighted by molar-refractivity contribution is 7.20. The van der Waals surface area contributed by atoms with Gasteiger partial charge >= 0.3 is 0 Å². The number of Topliss-reactive ketones (excluding diaryl/α,β-unsaturated/α-hetero) is 1. The van der Waals surface area contributed by atoms with Crippen molar-refractivity contribution in [3.63, 3.8) is 0 Å². The Balaban J connectivity index is 2.08. The first-order valence-electron chi connectivity index (χ1n) is 6.32. The standard InChI is InChI=1S/C14H18N2OS/c1-10(6-4-5-9-15)13(17)14-16-11-7-2-3-8-12(11)18-14/h2-3,7-8,10H,4-6,9,15H2,1H3. The second-order valence-corrected chi connectivity index (χ2v) is 5.57. The van der Waals surface area contributed by atoms with Gasteiger partial charge in [0.05, 0.1) is 10.2 Å². The summed E-state index contributed by atoms with van der Waals surface area (Å²) in [5, 5.41) is 0.636. The van der Waals surface area contributed by atoms with Gasteiger partial charge in [-0.1, -0.05) is 25.5 Å². The fraction of sp³-hybridized carbons (Fsp3) is 0.429. The Bertz CT molecular complexity index is 502. The van der Waals surface area contributed by atoms with E-state index in [0.717, 1.165) is 29.5 Å². The zero-order valence-electron chi connectivity index (χ0n) is 10.6. The molecule has 0 bridgehead atoms. The Labute approximate surface area is 111 Å². The van der Waals surface area contributed by atoms with Crippen LogP contribution >= 0.6 is 11.3 Å². The van der Waals surface area contributed by atoms with Crippen LogP contribution in [0.1, 0.15) is 36.0 Å². The number of nitrogens with two attached hydrogens (primary N) is 1. The lowest BCUT2D eigenvalue weighted by Gasteiger charge is -2.07. The van der Waals surface area contributed by atoms with Crippen LogP contribution in [0.3, 0.4) is 0 Å². The molecule has 0 fully saturated rings. The summed E-state index contributed by atoms with van der Waals surface area (Å²) < 4.78 is 1.08. The largest absolute Gasteiger partial charge is 0.330 e. The number of ketones is 1. The van der Waals surface area contributed by atoms with E-state index in [2.05, 4.69) is 4.98 Å². The highest BCUT2D eigenvalue weighted by Gasteiger charge is 2.18. The molecule has 0 saturated carbocycles. The van der Waals surface area contributed by atoms with E-state index in [4.69, 9.17) is 5.73 Å². The molecule has 3 nitrogen and oxygen atoms in total. The monoisotopic (exact) mass is 262 g/mol. The van der Waals surface area contributed by atoms with Crippen molar-refractivity contribution < 1.29 is 4.79 Å². The summed E-state index contributed by atoms with van der Waals surface area (Å²) >= 11 is 1.49. The number of aromatic nitrogens is 1. The summed E-state index contributed by atoms with van der Waals surface area (Å²) in [4.78, 5) is 16.6. The van der Waals surface area contributed by atoms with Crippen LogP contribution in [0.25, 0.3) is 10.2 Å². The first kappa shape index (κ1) is 13.2. The first-order valence-corrected chi connectivity index (χ1v) is 7.14. The minimum atomic E-state index is 0.0390. The Kier molecular flexibility index (Phi) is 4.44. The third kappa shape index (κ3) is 2.94. The average Bonchev–Trinajstić information content (AvgIpc) is 2.81. The first-order chi connectivity index (χ1) is 8.72. The molecule has 0 spiro atoms. The van der Waals surface area contributed by atoms with Gasteiger partial charge in [0.1, 0.15) is 0 Å². The molecule has 1 aromatic heterocycles. The molecule has 0 aliphatic heterocycles. The average molecular weight is 262 g/mol. The van der Waals surface area contributed by atoms with Gasteiger partial charge in [0.2, 0.25) is 0 Å². The van der Waals surface area contributed by atoms with Gasteiger partial charge in [0.15, 0.2) is 10.8 Å². The number of benzene rings is 1. The van der Waals surface area contributed by atoms with Crippen LogP contribution in [-0.2, 0) is 0 Å². The van der Waals surface area contributed by atoms with Crippen LogP contribution in [0.4, 0.5) is 0 Å². The number of carbonyl (C=O) groups is 1.